The molecule has 4 nitrogen and oxygen atoms in total. The fraction of sp³-hybridized carbons (Fsp3) is 0.500. The van der Waals surface area contributed by atoms with E-state index in [2.05, 4.69) is 14.7 Å². The van der Waals surface area contributed by atoms with E-state index >= 15 is 0 Å². The van der Waals surface area contributed by atoms with Gasteiger partial charge < -0.3 is 4.74 Å². The van der Waals surface area contributed by atoms with Gasteiger partial charge in [0.1, 0.15) is 11.0 Å². The number of carbonyl (C=O) groups excluding carboxylic acids is 1. The third-order valence-corrected chi connectivity index (χ3v) is 2.79. The van der Waals surface area contributed by atoms with Gasteiger partial charge in [0.05, 0.1) is 7.11 Å². The van der Waals surface area contributed by atoms with Crippen molar-refractivity contribution in [3.63, 3.8) is 0 Å². The van der Waals surface area contributed by atoms with E-state index in [4.69, 9.17) is 11.6 Å². The van der Waals surface area contributed by atoms with E-state index in [9.17, 15) is 4.79 Å². The lowest BCUT2D eigenvalue weighted by atomic mass is 10.2. The van der Waals surface area contributed by atoms with E-state index in [0.717, 1.165) is 12.8 Å². The fourth-order valence-electron chi connectivity index (χ4n) is 1.33. The van der Waals surface area contributed by atoms with Crippen LogP contribution < -0.4 is 0 Å². The number of hydrogen-bond acceptors (Lipinski definition) is 4. The third kappa shape index (κ3) is 1.95. The molecule has 0 spiro atoms. The largest absolute Gasteiger partial charge is 0.464 e. The summed E-state index contributed by atoms with van der Waals surface area (Å²) in [4.78, 5) is 19.8. The molecule has 0 radical (unpaired) electrons. The van der Waals surface area contributed by atoms with Gasteiger partial charge in [-0.1, -0.05) is 11.6 Å². The Kier molecular flexibility index (Phi) is 2.61. The molecule has 1 aromatic rings. The van der Waals surface area contributed by atoms with E-state index in [-0.39, 0.29) is 5.69 Å². The smallest absolute Gasteiger partial charge is 0.357 e. The van der Waals surface area contributed by atoms with E-state index in [1.165, 1.54) is 7.11 Å². The highest BCUT2D eigenvalue weighted by Crippen LogP contribution is 2.38. The fourth-order valence-corrected chi connectivity index (χ4v) is 1.50. The quantitative estimate of drug-likeness (QED) is 0.573. The topological polar surface area (TPSA) is 52.1 Å². The Morgan fingerprint density at radius 3 is 2.67 bits per heavy atom. The van der Waals surface area contributed by atoms with Crippen LogP contribution in [0.3, 0.4) is 0 Å². The lowest BCUT2D eigenvalue weighted by Crippen LogP contribution is -2.10. The van der Waals surface area contributed by atoms with Gasteiger partial charge in [-0.25, -0.2) is 14.8 Å². The van der Waals surface area contributed by atoms with Crippen LogP contribution in [0.25, 0.3) is 0 Å². The first-order valence-electron chi connectivity index (χ1n) is 4.76. The summed E-state index contributed by atoms with van der Waals surface area (Å²) in [6, 6.07) is 0. The van der Waals surface area contributed by atoms with Gasteiger partial charge in [-0.2, -0.15) is 0 Å². The van der Waals surface area contributed by atoms with E-state index in [1.54, 1.807) is 6.92 Å². The molecule has 1 aliphatic rings. The van der Waals surface area contributed by atoms with Gasteiger partial charge in [0, 0.05) is 11.5 Å². The maximum absolute atomic E-state index is 11.4. The molecule has 1 fully saturated rings. The van der Waals surface area contributed by atoms with Crippen LogP contribution >= 0.6 is 11.6 Å². The first-order chi connectivity index (χ1) is 7.13. The molecule has 5 heteroatoms. The predicted molar refractivity (Wildman–Crippen MR) is 55.1 cm³/mol. The van der Waals surface area contributed by atoms with Crippen LogP contribution in [0, 0.1) is 6.92 Å². The van der Waals surface area contributed by atoms with E-state index in [0.29, 0.717) is 22.5 Å². The highest BCUT2D eigenvalue weighted by atomic mass is 35.5. The lowest BCUT2D eigenvalue weighted by molar-refractivity contribution is 0.0592. The van der Waals surface area contributed by atoms with Crippen LogP contribution in [0.15, 0.2) is 0 Å². The number of aromatic nitrogens is 2. The molecule has 80 valence electrons. The summed E-state index contributed by atoms with van der Waals surface area (Å²) >= 11 is 5.93. The molecule has 1 aromatic heterocycles. The summed E-state index contributed by atoms with van der Waals surface area (Å²) in [5, 5.41) is 0.340. The summed E-state index contributed by atoms with van der Waals surface area (Å²) < 4.78 is 4.64. The maximum atomic E-state index is 11.4. The minimum atomic E-state index is -0.460. The lowest BCUT2D eigenvalue weighted by Gasteiger charge is -2.06. The summed E-state index contributed by atoms with van der Waals surface area (Å²) in [5.74, 6) is 0.566. The van der Waals surface area contributed by atoms with Gasteiger partial charge in [0.2, 0.25) is 0 Å². The normalized spacial score (nSPS) is 15.1. The van der Waals surface area contributed by atoms with Crippen molar-refractivity contribution in [3.05, 3.63) is 22.2 Å². The molecule has 0 amide bonds. The van der Waals surface area contributed by atoms with Gasteiger partial charge in [0.25, 0.3) is 0 Å². The van der Waals surface area contributed by atoms with Crippen molar-refractivity contribution >= 4 is 17.6 Å². The first-order valence-corrected chi connectivity index (χ1v) is 5.13. The molecule has 0 aliphatic heterocycles. The van der Waals surface area contributed by atoms with Crippen molar-refractivity contribution in [1.82, 2.24) is 9.97 Å². The molecule has 0 aromatic carbocycles. The SMILES string of the molecule is COC(=O)c1nc(C2CC2)nc(Cl)c1C. The summed E-state index contributed by atoms with van der Waals surface area (Å²) in [5.41, 5.74) is 0.854. The standard InChI is InChI=1S/C10H11ClN2O2/c1-5-7(10(14)15-2)12-9(6-3-4-6)13-8(5)11/h6H,3-4H2,1-2H3. The molecule has 0 saturated heterocycles. The first kappa shape index (κ1) is 10.4. The molecule has 1 aliphatic carbocycles. The van der Waals surface area contributed by atoms with Crippen molar-refractivity contribution in [3.8, 4) is 0 Å². The van der Waals surface area contributed by atoms with Gasteiger partial charge in [-0.05, 0) is 19.8 Å². The van der Waals surface area contributed by atoms with Crippen molar-refractivity contribution in [2.24, 2.45) is 0 Å². The highest BCUT2D eigenvalue weighted by Gasteiger charge is 2.29. The molecular weight excluding hydrogens is 216 g/mol. The zero-order chi connectivity index (χ0) is 11.0. The number of nitrogens with zero attached hydrogens (tertiary/aromatic N) is 2. The van der Waals surface area contributed by atoms with Crippen LogP contribution in [-0.4, -0.2) is 23.0 Å². The van der Waals surface area contributed by atoms with Crippen molar-refractivity contribution in [1.29, 1.82) is 0 Å². The number of esters is 1. The Balaban J connectivity index is 2.46. The molecular formula is C10H11ClN2O2. The number of hydrogen-bond donors (Lipinski definition) is 0. The minimum Gasteiger partial charge on any atom is -0.464 e. The molecule has 1 saturated carbocycles. The Hall–Kier alpha value is -1.16. The van der Waals surface area contributed by atoms with Gasteiger partial charge in [-0.3, -0.25) is 0 Å². The summed E-state index contributed by atoms with van der Waals surface area (Å²) in [6.07, 6.45) is 2.14. The van der Waals surface area contributed by atoms with Crippen molar-refractivity contribution in [2.45, 2.75) is 25.7 Å². The Bertz CT molecular complexity index is 416. The molecule has 0 atom stereocenters. The number of methoxy groups -OCH3 is 1. The van der Waals surface area contributed by atoms with Gasteiger partial charge in [0.15, 0.2) is 5.69 Å². The Morgan fingerprint density at radius 1 is 1.47 bits per heavy atom. The zero-order valence-electron chi connectivity index (χ0n) is 8.58. The van der Waals surface area contributed by atoms with Crippen LogP contribution in [0.5, 0.6) is 0 Å². The second-order valence-corrected chi connectivity index (χ2v) is 3.97. The number of rotatable bonds is 2. The number of carbonyl (C=O) groups is 1. The highest BCUT2D eigenvalue weighted by molar-refractivity contribution is 6.30. The molecule has 2 rings (SSSR count). The molecule has 0 unspecified atom stereocenters. The number of halogens is 1. The van der Waals surface area contributed by atoms with Crippen molar-refractivity contribution in [2.75, 3.05) is 7.11 Å². The zero-order valence-corrected chi connectivity index (χ0v) is 9.34. The average molecular weight is 227 g/mol. The molecule has 0 N–H and O–H groups in total. The van der Waals surface area contributed by atoms with E-state index in [1.807, 2.05) is 0 Å². The Labute approximate surface area is 92.6 Å². The molecule has 15 heavy (non-hydrogen) atoms. The second kappa shape index (κ2) is 3.77. The number of ether oxygens (including phenoxy) is 1. The summed E-state index contributed by atoms with van der Waals surface area (Å²) in [6.45, 7) is 1.71. The Morgan fingerprint density at radius 2 is 2.13 bits per heavy atom. The molecule has 1 heterocycles. The second-order valence-electron chi connectivity index (χ2n) is 3.61. The van der Waals surface area contributed by atoms with Crippen LogP contribution in [0.4, 0.5) is 0 Å². The third-order valence-electron chi connectivity index (χ3n) is 2.42. The van der Waals surface area contributed by atoms with Crippen molar-refractivity contribution < 1.29 is 9.53 Å². The summed E-state index contributed by atoms with van der Waals surface area (Å²) in [7, 11) is 1.33. The van der Waals surface area contributed by atoms with Crippen LogP contribution in [0.2, 0.25) is 5.15 Å². The minimum absolute atomic E-state index is 0.277. The molecule has 0 bridgehead atoms. The average Bonchev–Trinajstić information content (AvgIpc) is 3.04. The maximum Gasteiger partial charge on any atom is 0.357 e. The van der Waals surface area contributed by atoms with Gasteiger partial charge >= 0.3 is 5.97 Å². The van der Waals surface area contributed by atoms with Gasteiger partial charge in [-0.15, -0.1) is 0 Å². The monoisotopic (exact) mass is 226 g/mol. The van der Waals surface area contributed by atoms with Crippen LogP contribution in [-0.2, 0) is 4.74 Å². The van der Waals surface area contributed by atoms with E-state index < -0.39 is 5.97 Å². The predicted octanol–water partition coefficient (Wildman–Crippen LogP) is 2.10. The van der Waals surface area contributed by atoms with Crippen LogP contribution in [0.1, 0.15) is 40.6 Å².